The van der Waals surface area contributed by atoms with Crippen LogP contribution in [0.15, 0.2) is 42.5 Å². The van der Waals surface area contributed by atoms with Crippen LogP contribution in [-0.4, -0.2) is 67.2 Å². The number of halogens is 1. The maximum atomic E-state index is 13.9. The van der Waals surface area contributed by atoms with Crippen LogP contribution < -0.4 is 10.6 Å². The molecule has 37 heavy (non-hydrogen) atoms. The van der Waals surface area contributed by atoms with Gasteiger partial charge in [0.1, 0.15) is 6.04 Å². The van der Waals surface area contributed by atoms with E-state index in [9.17, 15) is 9.59 Å². The average molecular weight is 527 g/mol. The first kappa shape index (κ1) is 27.3. The number of anilines is 1. The number of carbonyl (C=O) groups is 2. The number of rotatable bonds is 6. The van der Waals surface area contributed by atoms with Gasteiger partial charge in [-0.2, -0.15) is 0 Å². The molecular weight excluding hydrogens is 488 g/mol. The lowest BCUT2D eigenvalue weighted by molar-refractivity contribution is -0.136. The molecule has 0 aromatic heterocycles. The van der Waals surface area contributed by atoms with E-state index in [0.29, 0.717) is 50.1 Å². The third kappa shape index (κ3) is 5.88. The Hall–Kier alpha value is -2.77. The van der Waals surface area contributed by atoms with Gasteiger partial charge < -0.3 is 20.3 Å². The molecule has 4 rings (SSSR count). The molecule has 3 atom stereocenters. The monoisotopic (exact) mass is 526 g/mol. The van der Waals surface area contributed by atoms with Gasteiger partial charge in [0.15, 0.2) is 0 Å². The van der Waals surface area contributed by atoms with Gasteiger partial charge in [-0.25, -0.2) is 4.79 Å². The van der Waals surface area contributed by atoms with Crippen molar-refractivity contribution in [3.63, 3.8) is 0 Å². The lowest BCUT2D eigenvalue weighted by Gasteiger charge is -2.40. The third-order valence-electron chi connectivity index (χ3n) is 7.64. The molecule has 0 unspecified atom stereocenters. The van der Waals surface area contributed by atoms with E-state index in [1.807, 2.05) is 29.2 Å². The number of ether oxygens (including phenoxy) is 1. The van der Waals surface area contributed by atoms with Crippen molar-refractivity contribution in [3.05, 3.63) is 64.2 Å². The zero-order valence-corrected chi connectivity index (χ0v) is 23.1. The number of likely N-dealkylation sites (tertiary alicyclic amines) is 1. The molecule has 0 radical (unpaired) electrons. The number of benzene rings is 2. The molecule has 0 spiro atoms. The van der Waals surface area contributed by atoms with Crippen molar-refractivity contribution < 1.29 is 14.3 Å². The number of aryl methyl sites for hydroxylation is 1. The maximum Gasteiger partial charge on any atom is 0.410 e. The van der Waals surface area contributed by atoms with Crippen LogP contribution in [0.4, 0.5) is 10.5 Å². The van der Waals surface area contributed by atoms with Crippen LogP contribution in [0, 0.1) is 12.8 Å². The smallest absolute Gasteiger partial charge is 0.410 e. The molecule has 2 fully saturated rings. The highest BCUT2D eigenvalue weighted by molar-refractivity contribution is 6.30. The normalized spacial score (nSPS) is 20.9. The highest BCUT2D eigenvalue weighted by atomic mass is 35.5. The first-order valence-electron chi connectivity index (χ1n) is 13.3. The van der Waals surface area contributed by atoms with E-state index in [4.69, 9.17) is 22.1 Å². The summed E-state index contributed by atoms with van der Waals surface area (Å²) in [5.41, 5.74) is 11.1. The number of amides is 2. The maximum absolute atomic E-state index is 13.9. The van der Waals surface area contributed by atoms with Crippen LogP contribution in [-0.2, 0) is 9.53 Å². The largest absolute Gasteiger partial charge is 0.450 e. The van der Waals surface area contributed by atoms with Crippen molar-refractivity contribution in [2.45, 2.75) is 52.1 Å². The Morgan fingerprint density at radius 2 is 1.73 bits per heavy atom. The fourth-order valence-electron chi connectivity index (χ4n) is 5.51. The number of hydrogen-bond donors (Lipinski definition) is 1. The first-order chi connectivity index (χ1) is 17.7. The molecule has 2 aromatic carbocycles. The Labute approximate surface area is 225 Å². The molecule has 0 saturated carbocycles. The zero-order chi connectivity index (χ0) is 26.7. The van der Waals surface area contributed by atoms with Gasteiger partial charge in [-0.3, -0.25) is 9.69 Å². The van der Waals surface area contributed by atoms with Gasteiger partial charge in [-0.05, 0) is 55.5 Å². The van der Waals surface area contributed by atoms with E-state index in [2.05, 4.69) is 43.9 Å². The molecule has 7 nitrogen and oxygen atoms in total. The fourth-order valence-corrected chi connectivity index (χ4v) is 5.64. The second kappa shape index (κ2) is 11.7. The number of hydrogen-bond acceptors (Lipinski definition) is 5. The summed E-state index contributed by atoms with van der Waals surface area (Å²) in [6.07, 6.45) is 0.277. The Kier molecular flexibility index (Phi) is 8.65. The number of nitrogens with two attached hydrogens (primary N) is 1. The third-order valence-corrected chi connectivity index (χ3v) is 7.90. The van der Waals surface area contributed by atoms with Gasteiger partial charge in [-0.15, -0.1) is 0 Å². The molecule has 0 aliphatic carbocycles. The summed E-state index contributed by atoms with van der Waals surface area (Å²) in [6.45, 7) is 11.5. The Morgan fingerprint density at radius 1 is 1.05 bits per heavy atom. The molecule has 2 N–H and O–H groups in total. The lowest BCUT2D eigenvalue weighted by atomic mass is 9.90. The summed E-state index contributed by atoms with van der Waals surface area (Å²) in [4.78, 5) is 32.6. The minimum atomic E-state index is -0.587. The Bertz CT molecular complexity index is 1100. The molecule has 2 saturated heterocycles. The topological polar surface area (TPSA) is 79.1 Å². The van der Waals surface area contributed by atoms with E-state index in [-0.39, 0.29) is 24.5 Å². The second-order valence-electron chi connectivity index (χ2n) is 10.4. The van der Waals surface area contributed by atoms with Crippen LogP contribution in [0.5, 0.6) is 0 Å². The van der Waals surface area contributed by atoms with Gasteiger partial charge in [0.05, 0.1) is 6.61 Å². The molecule has 200 valence electrons. The molecule has 2 aliphatic heterocycles. The van der Waals surface area contributed by atoms with Gasteiger partial charge >= 0.3 is 6.09 Å². The van der Waals surface area contributed by atoms with E-state index in [1.165, 1.54) is 5.56 Å². The summed E-state index contributed by atoms with van der Waals surface area (Å²) < 4.78 is 5.31. The minimum absolute atomic E-state index is 0.0202. The van der Waals surface area contributed by atoms with Crippen molar-refractivity contribution in [3.8, 4) is 0 Å². The molecule has 2 heterocycles. The van der Waals surface area contributed by atoms with Crippen LogP contribution in [0.1, 0.15) is 55.8 Å². The fraction of sp³-hybridized carbons (Fsp3) is 0.517. The number of nitrogens with zero attached hydrogens (tertiary/aromatic N) is 3. The molecule has 2 amide bonds. The summed E-state index contributed by atoms with van der Waals surface area (Å²) in [7, 11) is 0. The van der Waals surface area contributed by atoms with Crippen LogP contribution in [0.2, 0.25) is 5.02 Å². The predicted molar refractivity (Wildman–Crippen MR) is 148 cm³/mol. The van der Waals surface area contributed by atoms with Crippen molar-refractivity contribution in [2.75, 3.05) is 44.2 Å². The standard InChI is InChI=1S/C29H39ClN4O3/c1-5-37-29(36)34-13-12-23(21-7-9-22(30)10-8-21)27(34)28(35)33-16-14-32(15-17-33)25-11-6-20(4)18-24(25)26(31)19(2)3/h6-11,18-19,23,26-27H,5,12-17,31H2,1-4H3/t23-,26-,27-/m0/s1. The molecular formula is C29H39ClN4O3. The molecule has 2 aromatic rings. The van der Waals surface area contributed by atoms with Gasteiger partial charge in [0.2, 0.25) is 5.91 Å². The predicted octanol–water partition coefficient (Wildman–Crippen LogP) is 4.97. The zero-order valence-electron chi connectivity index (χ0n) is 22.3. The van der Waals surface area contributed by atoms with Crippen molar-refractivity contribution in [1.82, 2.24) is 9.80 Å². The minimum Gasteiger partial charge on any atom is -0.450 e. The SMILES string of the molecule is CCOC(=O)N1CC[C@@H](c2ccc(Cl)cc2)[C@H]1C(=O)N1CCN(c2ccc(C)cc2[C@@H](N)C(C)C)CC1. The quantitative estimate of drug-likeness (QED) is 0.575. The molecule has 0 bridgehead atoms. The number of carbonyl (C=O) groups excluding carboxylic acids is 2. The Morgan fingerprint density at radius 3 is 2.35 bits per heavy atom. The summed E-state index contributed by atoms with van der Waals surface area (Å²) >= 11 is 6.11. The van der Waals surface area contributed by atoms with E-state index in [0.717, 1.165) is 16.8 Å². The lowest BCUT2D eigenvalue weighted by Crippen LogP contribution is -2.55. The van der Waals surface area contributed by atoms with Crippen LogP contribution >= 0.6 is 11.6 Å². The highest BCUT2D eigenvalue weighted by Gasteiger charge is 2.45. The Balaban J connectivity index is 1.53. The van der Waals surface area contributed by atoms with Gasteiger partial charge in [-0.1, -0.05) is 55.3 Å². The highest BCUT2D eigenvalue weighted by Crippen LogP contribution is 2.36. The van der Waals surface area contributed by atoms with Crippen LogP contribution in [0.25, 0.3) is 0 Å². The summed E-state index contributed by atoms with van der Waals surface area (Å²) in [6, 6.07) is 13.4. The summed E-state index contributed by atoms with van der Waals surface area (Å²) in [5.74, 6) is 0.206. The second-order valence-corrected chi connectivity index (χ2v) is 10.9. The molecule has 2 aliphatic rings. The van der Waals surface area contributed by atoms with E-state index < -0.39 is 12.1 Å². The van der Waals surface area contributed by atoms with Crippen molar-refractivity contribution in [1.29, 1.82) is 0 Å². The summed E-state index contributed by atoms with van der Waals surface area (Å²) in [5, 5.41) is 0.649. The van der Waals surface area contributed by atoms with Gasteiger partial charge in [0, 0.05) is 55.4 Å². The number of piperazine rings is 1. The van der Waals surface area contributed by atoms with E-state index >= 15 is 0 Å². The van der Waals surface area contributed by atoms with Gasteiger partial charge in [0.25, 0.3) is 0 Å². The average Bonchev–Trinajstić information content (AvgIpc) is 3.34. The first-order valence-corrected chi connectivity index (χ1v) is 13.7. The van der Waals surface area contributed by atoms with Crippen molar-refractivity contribution in [2.24, 2.45) is 11.7 Å². The van der Waals surface area contributed by atoms with Crippen molar-refractivity contribution >= 4 is 29.3 Å². The molecule has 8 heteroatoms. The van der Waals surface area contributed by atoms with E-state index in [1.54, 1.807) is 11.8 Å². The van der Waals surface area contributed by atoms with Crippen LogP contribution in [0.3, 0.4) is 0 Å².